The van der Waals surface area contributed by atoms with Gasteiger partial charge in [0, 0.05) is 18.2 Å². The summed E-state index contributed by atoms with van der Waals surface area (Å²) in [6.07, 6.45) is 4.69. The summed E-state index contributed by atoms with van der Waals surface area (Å²) in [5.74, 6) is 1.93. The number of nitrogens with zero attached hydrogens (tertiary/aromatic N) is 1. The SMILES string of the molecule is CCC(C(=O)NC1CCCC1)N(Cc1ccc2c(c1)OCO2)C(=O)c1ccc(OC)c(OC)c1. The number of amides is 2. The van der Waals surface area contributed by atoms with Crippen molar-refractivity contribution in [2.75, 3.05) is 21.0 Å². The Morgan fingerprint density at radius 3 is 2.47 bits per heavy atom. The zero-order chi connectivity index (χ0) is 24.1. The smallest absolute Gasteiger partial charge is 0.254 e. The molecule has 8 nitrogen and oxygen atoms in total. The summed E-state index contributed by atoms with van der Waals surface area (Å²) in [6.45, 7) is 2.35. The molecule has 0 saturated heterocycles. The molecule has 182 valence electrons. The molecule has 0 aromatic heterocycles. The lowest BCUT2D eigenvalue weighted by atomic mass is 10.1. The van der Waals surface area contributed by atoms with Gasteiger partial charge in [-0.15, -0.1) is 0 Å². The summed E-state index contributed by atoms with van der Waals surface area (Å²) in [7, 11) is 3.08. The minimum absolute atomic E-state index is 0.121. The molecule has 1 heterocycles. The van der Waals surface area contributed by atoms with E-state index in [1.54, 1.807) is 30.2 Å². The summed E-state index contributed by atoms with van der Waals surface area (Å²) >= 11 is 0. The Kier molecular flexibility index (Phi) is 7.45. The lowest BCUT2D eigenvalue weighted by molar-refractivity contribution is -0.126. The van der Waals surface area contributed by atoms with Gasteiger partial charge in [-0.25, -0.2) is 0 Å². The predicted molar refractivity (Wildman–Crippen MR) is 126 cm³/mol. The van der Waals surface area contributed by atoms with E-state index in [0.717, 1.165) is 31.2 Å². The van der Waals surface area contributed by atoms with Crippen LogP contribution in [0.4, 0.5) is 0 Å². The fourth-order valence-electron chi connectivity index (χ4n) is 4.61. The van der Waals surface area contributed by atoms with Gasteiger partial charge >= 0.3 is 0 Å². The number of hydrogen-bond acceptors (Lipinski definition) is 6. The molecule has 0 bridgehead atoms. The lowest BCUT2D eigenvalue weighted by Crippen LogP contribution is -2.50. The second kappa shape index (κ2) is 10.7. The van der Waals surface area contributed by atoms with E-state index < -0.39 is 6.04 Å². The summed E-state index contributed by atoms with van der Waals surface area (Å²) in [5, 5.41) is 3.16. The summed E-state index contributed by atoms with van der Waals surface area (Å²) in [6, 6.07) is 10.2. The molecule has 0 radical (unpaired) electrons. The van der Waals surface area contributed by atoms with Gasteiger partial charge in [-0.2, -0.15) is 0 Å². The van der Waals surface area contributed by atoms with Crippen molar-refractivity contribution in [2.24, 2.45) is 0 Å². The van der Waals surface area contributed by atoms with Crippen LogP contribution in [0.5, 0.6) is 23.0 Å². The highest BCUT2D eigenvalue weighted by Crippen LogP contribution is 2.34. The highest BCUT2D eigenvalue weighted by molar-refractivity contribution is 5.98. The molecule has 1 atom stereocenters. The van der Waals surface area contributed by atoms with Crippen molar-refractivity contribution < 1.29 is 28.5 Å². The van der Waals surface area contributed by atoms with Crippen molar-refractivity contribution >= 4 is 11.8 Å². The van der Waals surface area contributed by atoms with Gasteiger partial charge in [0.25, 0.3) is 5.91 Å². The third kappa shape index (κ3) is 5.05. The second-order valence-electron chi connectivity index (χ2n) is 8.60. The maximum Gasteiger partial charge on any atom is 0.254 e. The van der Waals surface area contributed by atoms with Crippen LogP contribution in [0.2, 0.25) is 0 Å². The molecule has 1 aliphatic heterocycles. The standard InChI is InChI=1S/C26H32N2O6/c1-4-20(25(29)27-19-7-5-6-8-19)28(15-17-9-11-22-24(13-17)34-16-33-22)26(30)18-10-12-21(31-2)23(14-18)32-3/h9-14,19-20H,4-8,15-16H2,1-3H3,(H,27,29). The van der Waals surface area contributed by atoms with E-state index in [1.165, 1.54) is 7.11 Å². The molecular weight excluding hydrogens is 436 g/mol. The largest absolute Gasteiger partial charge is 0.493 e. The first-order valence-corrected chi connectivity index (χ1v) is 11.8. The van der Waals surface area contributed by atoms with E-state index in [2.05, 4.69) is 5.32 Å². The Bertz CT molecular complexity index is 1030. The van der Waals surface area contributed by atoms with Crippen molar-refractivity contribution in [3.63, 3.8) is 0 Å². The Morgan fingerprint density at radius 2 is 1.76 bits per heavy atom. The number of carbonyl (C=O) groups is 2. The van der Waals surface area contributed by atoms with E-state index >= 15 is 0 Å². The topological polar surface area (TPSA) is 86.3 Å². The van der Waals surface area contributed by atoms with E-state index in [-0.39, 0.29) is 31.2 Å². The molecule has 4 rings (SSSR count). The van der Waals surface area contributed by atoms with E-state index in [1.807, 2.05) is 25.1 Å². The number of benzene rings is 2. The zero-order valence-corrected chi connectivity index (χ0v) is 20.0. The number of hydrogen-bond donors (Lipinski definition) is 1. The molecule has 2 amide bonds. The molecule has 1 N–H and O–H groups in total. The van der Waals surface area contributed by atoms with Gasteiger partial charge in [-0.05, 0) is 55.2 Å². The molecule has 1 fully saturated rings. The highest BCUT2D eigenvalue weighted by Gasteiger charge is 2.32. The molecule has 2 aliphatic rings. The predicted octanol–water partition coefficient (Wildman–Crippen LogP) is 3.91. The molecule has 1 aliphatic carbocycles. The zero-order valence-electron chi connectivity index (χ0n) is 20.0. The van der Waals surface area contributed by atoms with Crippen molar-refractivity contribution in [1.82, 2.24) is 10.2 Å². The molecule has 8 heteroatoms. The van der Waals surface area contributed by atoms with Crippen LogP contribution in [0.3, 0.4) is 0 Å². The maximum absolute atomic E-state index is 13.8. The Labute approximate surface area is 200 Å². The quantitative estimate of drug-likeness (QED) is 0.601. The summed E-state index contributed by atoms with van der Waals surface area (Å²) in [5.41, 5.74) is 1.27. The third-order valence-corrected chi connectivity index (χ3v) is 6.45. The first-order chi connectivity index (χ1) is 16.5. The molecule has 1 saturated carbocycles. The number of rotatable bonds is 9. The third-order valence-electron chi connectivity index (χ3n) is 6.45. The van der Waals surface area contributed by atoms with Crippen molar-refractivity contribution in [3.05, 3.63) is 47.5 Å². The second-order valence-corrected chi connectivity index (χ2v) is 8.60. The highest BCUT2D eigenvalue weighted by atomic mass is 16.7. The maximum atomic E-state index is 13.8. The summed E-state index contributed by atoms with van der Waals surface area (Å²) < 4.78 is 21.6. The van der Waals surface area contributed by atoms with Gasteiger partial charge in [-0.3, -0.25) is 9.59 Å². The Hall–Kier alpha value is -3.42. The van der Waals surface area contributed by atoms with Gasteiger partial charge in [0.05, 0.1) is 14.2 Å². The Morgan fingerprint density at radius 1 is 1.03 bits per heavy atom. The van der Waals surface area contributed by atoms with Crippen LogP contribution in [-0.4, -0.2) is 49.8 Å². The van der Waals surface area contributed by atoms with Crippen molar-refractivity contribution in [2.45, 2.75) is 57.7 Å². The number of fused-ring (bicyclic) bond motifs is 1. The molecule has 34 heavy (non-hydrogen) atoms. The number of nitrogens with one attached hydrogen (secondary N) is 1. The molecule has 1 unspecified atom stereocenters. The van der Waals surface area contributed by atoms with Crippen molar-refractivity contribution in [1.29, 1.82) is 0 Å². The van der Waals surface area contributed by atoms with Gasteiger partial charge in [-0.1, -0.05) is 25.8 Å². The number of carbonyl (C=O) groups excluding carboxylic acids is 2. The number of methoxy groups -OCH3 is 2. The van der Waals surface area contributed by atoms with Crippen LogP contribution in [0.25, 0.3) is 0 Å². The van der Waals surface area contributed by atoms with Crippen molar-refractivity contribution in [3.8, 4) is 23.0 Å². The van der Waals surface area contributed by atoms with E-state index in [4.69, 9.17) is 18.9 Å². The van der Waals surface area contributed by atoms with Gasteiger partial charge in [0.1, 0.15) is 6.04 Å². The fraction of sp³-hybridized carbons (Fsp3) is 0.462. The van der Waals surface area contributed by atoms with E-state index in [0.29, 0.717) is 35.0 Å². The Balaban J connectivity index is 1.64. The van der Waals surface area contributed by atoms with Crippen LogP contribution in [-0.2, 0) is 11.3 Å². The average molecular weight is 469 g/mol. The molecule has 2 aromatic rings. The normalized spacial score (nSPS) is 15.6. The van der Waals surface area contributed by atoms with Crippen LogP contribution in [0, 0.1) is 0 Å². The molecular formula is C26H32N2O6. The van der Waals surface area contributed by atoms with Crippen LogP contribution in [0.15, 0.2) is 36.4 Å². The molecule has 2 aromatic carbocycles. The van der Waals surface area contributed by atoms with Gasteiger partial charge in [0.2, 0.25) is 12.7 Å². The summed E-state index contributed by atoms with van der Waals surface area (Å²) in [4.78, 5) is 28.7. The van der Waals surface area contributed by atoms with Crippen LogP contribution >= 0.6 is 0 Å². The first-order valence-electron chi connectivity index (χ1n) is 11.8. The monoisotopic (exact) mass is 468 g/mol. The average Bonchev–Trinajstić information content (AvgIpc) is 3.54. The first kappa shape index (κ1) is 23.7. The van der Waals surface area contributed by atoms with Gasteiger partial charge < -0.3 is 29.2 Å². The minimum Gasteiger partial charge on any atom is -0.493 e. The van der Waals surface area contributed by atoms with E-state index in [9.17, 15) is 9.59 Å². The molecule has 0 spiro atoms. The van der Waals surface area contributed by atoms with Crippen LogP contribution in [0.1, 0.15) is 54.9 Å². The number of ether oxygens (including phenoxy) is 4. The lowest BCUT2D eigenvalue weighted by Gasteiger charge is -2.31. The van der Waals surface area contributed by atoms with Gasteiger partial charge in [0.15, 0.2) is 23.0 Å². The minimum atomic E-state index is -0.619. The van der Waals surface area contributed by atoms with Crippen LogP contribution < -0.4 is 24.3 Å². The fourth-order valence-corrected chi connectivity index (χ4v) is 4.61.